The number of carbonyl (C=O) groups is 2. The van der Waals surface area contributed by atoms with Crippen molar-refractivity contribution >= 4 is 11.9 Å². The summed E-state index contributed by atoms with van der Waals surface area (Å²) in [5, 5.41) is 6.18. The van der Waals surface area contributed by atoms with Gasteiger partial charge in [0.1, 0.15) is 0 Å². The van der Waals surface area contributed by atoms with Gasteiger partial charge in [-0.2, -0.15) is 0 Å². The van der Waals surface area contributed by atoms with Gasteiger partial charge in [-0.15, -0.1) is 0 Å². The molecule has 1 rings (SSSR count). The zero-order valence-corrected chi connectivity index (χ0v) is 12.6. The van der Waals surface area contributed by atoms with Gasteiger partial charge in [-0.25, -0.2) is 0 Å². The van der Waals surface area contributed by atoms with E-state index >= 15 is 0 Å². The third kappa shape index (κ3) is 6.86. The Kier molecular flexibility index (Phi) is 8.22. The van der Waals surface area contributed by atoms with Gasteiger partial charge in [0, 0.05) is 25.6 Å². The Morgan fingerprint density at radius 3 is 2.90 bits per heavy atom. The molecule has 0 saturated carbocycles. The van der Waals surface area contributed by atoms with E-state index in [1.54, 1.807) is 6.92 Å². The molecule has 0 bridgehead atoms. The fourth-order valence-corrected chi connectivity index (χ4v) is 2.31. The lowest BCUT2D eigenvalue weighted by atomic mass is 10.1. The average Bonchev–Trinajstić information content (AvgIpc) is 2.45. The van der Waals surface area contributed by atoms with Gasteiger partial charge in [-0.05, 0) is 39.8 Å². The maximum Gasteiger partial charge on any atom is 0.305 e. The number of hydrogen-bond donors (Lipinski definition) is 2. The second-order valence-electron chi connectivity index (χ2n) is 5.17. The van der Waals surface area contributed by atoms with Crippen molar-refractivity contribution in [1.82, 2.24) is 15.5 Å². The molecule has 20 heavy (non-hydrogen) atoms. The first-order valence-corrected chi connectivity index (χ1v) is 7.46. The van der Waals surface area contributed by atoms with E-state index in [0.29, 0.717) is 38.6 Å². The van der Waals surface area contributed by atoms with Gasteiger partial charge < -0.3 is 15.4 Å². The molecule has 1 saturated heterocycles. The van der Waals surface area contributed by atoms with Crippen molar-refractivity contribution in [2.24, 2.45) is 0 Å². The lowest BCUT2D eigenvalue weighted by molar-refractivity contribution is -0.143. The fourth-order valence-electron chi connectivity index (χ4n) is 2.31. The Bertz CT molecular complexity index is 304. The summed E-state index contributed by atoms with van der Waals surface area (Å²) in [6.07, 6.45) is 3.28. The molecule has 0 aliphatic carbocycles. The Morgan fingerprint density at radius 2 is 2.25 bits per heavy atom. The van der Waals surface area contributed by atoms with Crippen LogP contribution in [0.1, 0.15) is 32.6 Å². The smallest absolute Gasteiger partial charge is 0.305 e. The van der Waals surface area contributed by atoms with Gasteiger partial charge in [0.05, 0.1) is 13.2 Å². The molecule has 2 N–H and O–H groups in total. The monoisotopic (exact) mass is 285 g/mol. The summed E-state index contributed by atoms with van der Waals surface area (Å²) in [6, 6.07) is 0.439. The van der Waals surface area contributed by atoms with E-state index in [4.69, 9.17) is 4.74 Å². The molecule has 6 heteroatoms. The third-order valence-corrected chi connectivity index (χ3v) is 3.47. The van der Waals surface area contributed by atoms with Crippen LogP contribution in [0, 0.1) is 0 Å². The highest BCUT2D eigenvalue weighted by atomic mass is 16.5. The van der Waals surface area contributed by atoms with Gasteiger partial charge in [-0.1, -0.05) is 0 Å². The summed E-state index contributed by atoms with van der Waals surface area (Å²) in [6.45, 7) is 5.15. The van der Waals surface area contributed by atoms with Crippen LogP contribution in [-0.2, 0) is 14.3 Å². The molecule has 1 atom stereocenters. The van der Waals surface area contributed by atoms with Gasteiger partial charge >= 0.3 is 5.97 Å². The Labute approximate surface area is 121 Å². The van der Waals surface area contributed by atoms with Crippen LogP contribution in [0.5, 0.6) is 0 Å². The SMILES string of the molecule is CCOC(=O)CCCNC(=O)CN(C)C1CCCNC1. The predicted octanol–water partition coefficient (Wildman–Crippen LogP) is 0.130. The minimum Gasteiger partial charge on any atom is -0.466 e. The van der Waals surface area contributed by atoms with Crippen LogP contribution in [0.2, 0.25) is 0 Å². The minimum atomic E-state index is -0.202. The zero-order valence-electron chi connectivity index (χ0n) is 12.6. The normalized spacial score (nSPS) is 18.9. The van der Waals surface area contributed by atoms with Crippen LogP contribution in [-0.4, -0.2) is 62.7 Å². The van der Waals surface area contributed by atoms with Crippen molar-refractivity contribution in [3.8, 4) is 0 Å². The number of hydrogen-bond acceptors (Lipinski definition) is 5. The van der Waals surface area contributed by atoms with Crippen LogP contribution in [0.4, 0.5) is 0 Å². The third-order valence-electron chi connectivity index (χ3n) is 3.47. The molecule has 0 radical (unpaired) electrons. The maximum absolute atomic E-state index is 11.8. The van der Waals surface area contributed by atoms with E-state index in [1.807, 2.05) is 7.05 Å². The van der Waals surface area contributed by atoms with E-state index in [2.05, 4.69) is 15.5 Å². The molecule has 0 spiro atoms. The molecule has 1 unspecified atom stereocenters. The standard InChI is InChI=1S/C14H27N3O3/c1-3-20-14(19)7-5-9-16-13(18)11-17(2)12-6-4-8-15-10-12/h12,15H,3-11H2,1-2H3,(H,16,18). The predicted molar refractivity (Wildman–Crippen MR) is 77.4 cm³/mol. The molecular weight excluding hydrogens is 258 g/mol. The lowest BCUT2D eigenvalue weighted by Crippen LogP contribution is -2.47. The van der Waals surface area contributed by atoms with Crippen LogP contribution in [0.15, 0.2) is 0 Å². The van der Waals surface area contributed by atoms with E-state index in [1.165, 1.54) is 0 Å². The molecule has 1 amide bonds. The summed E-state index contributed by atoms with van der Waals surface area (Å²) in [7, 11) is 1.98. The number of esters is 1. The number of piperidine rings is 1. The molecule has 1 heterocycles. The van der Waals surface area contributed by atoms with Gasteiger partial charge in [0.2, 0.25) is 5.91 Å². The summed E-state index contributed by atoms with van der Waals surface area (Å²) in [5.41, 5.74) is 0. The van der Waals surface area contributed by atoms with Crippen molar-refractivity contribution < 1.29 is 14.3 Å². The number of amides is 1. The van der Waals surface area contributed by atoms with Crippen LogP contribution in [0.3, 0.4) is 0 Å². The first-order valence-electron chi connectivity index (χ1n) is 7.46. The fraction of sp³-hybridized carbons (Fsp3) is 0.857. The molecular formula is C14H27N3O3. The van der Waals surface area contributed by atoms with Crippen molar-refractivity contribution in [1.29, 1.82) is 0 Å². The quantitative estimate of drug-likeness (QED) is 0.490. The highest BCUT2D eigenvalue weighted by molar-refractivity contribution is 5.78. The van der Waals surface area contributed by atoms with E-state index in [9.17, 15) is 9.59 Å². The van der Waals surface area contributed by atoms with Crippen molar-refractivity contribution in [2.75, 3.05) is 39.8 Å². The number of rotatable bonds is 8. The molecule has 1 fully saturated rings. The summed E-state index contributed by atoms with van der Waals surface area (Å²) in [4.78, 5) is 25.0. The molecule has 1 aliphatic heterocycles. The summed E-state index contributed by atoms with van der Waals surface area (Å²) < 4.78 is 4.83. The molecule has 1 aliphatic rings. The van der Waals surface area contributed by atoms with Gasteiger partial charge in [-0.3, -0.25) is 14.5 Å². The summed E-state index contributed by atoms with van der Waals surface area (Å²) in [5.74, 6) is -0.186. The van der Waals surface area contributed by atoms with Crippen LogP contribution in [0.25, 0.3) is 0 Å². The van der Waals surface area contributed by atoms with E-state index in [-0.39, 0.29) is 11.9 Å². The minimum absolute atomic E-state index is 0.0157. The zero-order chi connectivity index (χ0) is 14.8. The van der Waals surface area contributed by atoms with Crippen molar-refractivity contribution in [3.63, 3.8) is 0 Å². The highest BCUT2D eigenvalue weighted by Crippen LogP contribution is 2.07. The topological polar surface area (TPSA) is 70.7 Å². The number of carbonyl (C=O) groups excluding carboxylic acids is 2. The number of nitrogens with one attached hydrogen (secondary N) is 2. The van der Waals surface area contributed by atoms with Crippen molar-refractivity contribution in [2.45, 2.75) is 38.6 Å². The first kappa shape index (κ1) is 16.9. The molecule has 0 aromatic rings. The molecule has 0 aromatic carbocycles. The molecule has 116 valence electrons. The average molecular weight is 285 g/mol. The maximum atomic E-state index is 11.8. The summed E-state index contributed by atoms with van der Waals surface area (Å²) >= 11 is 0. The number of likely N-dealkylation sites (N-methyl/N-ethyl adjacent to an activating group) is 1. The van der Waals surface area contributed by atoms with E-state index < -0.39 is 0 Å². The molecule has 0 aromatic heterocycles. The first-order chi connectivity index (χ1) is 9.63. The second kappa shape index (κ2) is 9.72. The van der Waals surface area contributed by atoms with Gasteiger partial charge in [0.15, 0.2) is 0 Å². The van der Waals surface area contributed by atoms with Crippen molar-refractivity contribution in [3.05, 3.63) is 0 Å². The van der Waals surface area contributed by atoms with Gasteiger partial charge in [0.25, 0.3) is 0 Å². The Hall–Kier alpha value is -1.14. The largest absolute Gasteiger partial charge is 0.466 e. The Balaban J connectivity index is 2.08. The molecule has 6 nitrogen and oxygen atoms in total. The van der Waals surface area contributed by atoms with Crippen LogP contribution < -0.4 is 10.6 Å². The Morgan fingerprint density at radius 1 is 1.45 bits per heavy atom. The highest BCUT2D eigenvalue weighted by Gasteiger charge is 2.19. The van der Waals surface area contributed by atoms with Crippen LogP contribution >= 0.6 is 0 Å². The number of nitrogens with zero attached hydrogens (tertiary/aromatic N) is 1. The lowest BCUT2D eigenvalue weighted by Gasteiger charge is -2.31. The van der Waals surface area contributed by atoms with E-state index in [0.717, 1.165) is 25.9 Å². The second-order valence-corrected chi connectivity index (χ2v) is 5.17. The number of ether oxygens (including phenoxy) is 1.